The maximum absolute atomic E-state index is 14.6. The molecule has 11 heteroatoms. The standard InChI is InChI=1S/C20H13FN8O2/c1-10-25-4-5-29(10)9-16-26-19(28-31-16)12-6-11(2-3-15(12)21)17-13(7-22)18(24)27-20(30)14(17)8-23/h2-6H,9H2,1H3,(H3,24,27,30). The van der Waals surface area contributed by atoms with Gasteiger partial charge in [-0.05, 0) is 24.6 Å². The maximum Gasteiger partial charge on any atom is 0.268 e. The fourth-order valence-corrected chi connectivity index (χ4v) is 3.13. The van der Waals surface area contributed by atoms with Crippen molar-refractivity contribution >= 4 is 5.82 Å². The molecule has 0 atom stereocenters. The zero-order valence-electron chi connectivity index (χ0n) is 16.0. The molecule has 152 valence electrons. The van der Waals surface area contributed by atoms with Gasteiger partial charge in [0.15, 0.2) is 0 Å². The van der Waals surface area contributed by atoms with Crippen molar-refractivity contribution in [2.24, 2.45) is 0 Å². The minimum Gasteiger partial charge on any atom is -0.384 e. The molecule has 10 nitrogen and oxygen atoms in total. The summed E-state index contributed by atoms with van der Waals surface area (Å²) >= 11 is 0. The van der Waals surface area contributed by atoms with Gasteiger partial charge in [-0.3, -0.25) is 4.79 Å². The second-order valence-corrected chi connectivity index (χ2v) is 6.53. The number of aryl methyl sites for hydroxylation is 1. The summed E-state index contributed by atoms with van der Waals surface area (Å²) in [6.07, 6.45) is 3.37. The van der Waals surface area contributed by atoms with Crippen molar-refractivity contribution in [3.8, 4) is 34.7 Å². The predicted octanol–water partition coefficient (Wildman–Crippen LogP) is 2.11. The zero-order chi connectivity index (χ0) is 22.1. The molecule has 1 aromatic carbocycles. The van der Waals surface area contributed by atoms with E-state index in [0.29, 0.717) is 0 Å². The Morgan fingerprint density at radius 1 is 1.29 bits per heavy atom. The minimum atomic E-state index is -0.752. The second-order valence-electron chi connectivity index (χ2n) is 6.53. The number of nitriles is 2. The molecule has 0 radical (unpaired) electrons. The number of pyridine rings is 1. The van der Waals surface area contributed by atoms with Crippen LogP contribution >= 0.6 is 0 Å². The van der Waals surface area contributed by atoms with Crippen LogP contribution in [0.1, 0.15) is 22.8 Å². The van der Waals surface area contributed by atoms with E-state index in [1.807, 2.05) is 13.0 Å². The van der Waals surface area contributed by atoms with Crippen LogP contribution in [0.3, 0.4) is 0 Å². The van der Waals surface area contributed by atoms with Gasteiger partial charge in [0.25, 0.3) is 5.56 Å². The largest absolute Gasteiger partial charge is 0.384 e. The lowest BCUT2D eigenvalue weighted by Gasteiger charge is -2.10. The highest BCUT2D eigenvalue weighted by molar-refractivity contribution is 5.82. The average Bonchev–Trinajstić information content (AvgIpc) is 3.37. The Balaban J connectivity index is 1.82. The summed E-state index contributed by atoms with van der Waals surface area (Å²) in [6.45, 7) is 2.06. The fourth-order valence-electron chi connectivity index (χ4n) is 3.13. The summed E-state index contributed by atoms with van der Waals surface area (Å²) < 4.78 is 21.6. The summed E-state index contributed by atoms with van der Waals surface area (Å²) in [7, 11) is 0. The quantitative estimate of drug-likeness (QED) is 0.511. The number of imidazole rings is 1. The molecule has 0 fully saturated rings. The highest BCUT2D eigenvalue weighted by atomic mass is 19.1. The van der Waals surface area contributed by atoms with E-state index in [1.165, 1.54) is 12.1 Å². The van der Waals surface area contributed by atoms with E-state index in [-0.39, 0.29) is 51.9 Å². The summed E-state index contributed by atoms with van der Waals surface area (Å²) in [5, 5.41) is 22.7. The van der Waals surface area contributed by atoms with Crippen LogP contribution in [0.5, 0.6) is 0 Å². The maximum atomic E-state index is 14.6. The first-order chi connectivity index (χ1) is 14.9. The lowest BCUT2D eigenvalue weighted by molar-refractivity contribution is 0.370. The van der Waals surface area contributed by atoms with E-state index in [9.17, 15) is 19.7 Å². The number of halogens is 1. The highest BCUT2D eigenvalue weighted by Crippen LogP contribution is 2.32. The summed E-state index contributed by atoms with van der Waals surface area (Å²) in [4.78, 5) is 22.7. The summed E-state index contributed by atoms with van der Waals surface area (Å²) in [5.74, 6) is 0.112. The van der Waals surface area contributed by atoms with E-state index in [2.05, 4.69) is 20.1 Å². The minimum absolute atomic E-state index is 0.00487. The van der Waals surface area contributed by atoms with Crippen LogP contribution in [0.15, 0.2) is 39.9 Å². The predicted molar refractivity (Wildman–Crippen MR) is 106 cm³/mol. The molecule has 0 amide bonds. The Labute approximate surface area is 174 Å². The molecule has 3 aromatic heterocycles. The molecule has 3 heterocycles. The molecule has 0 bridgehead atoms. The van der Waals surface area contributed by atoms with Gasteiger partial charge in [-0.25, -0.2) is 9.37 Å². The van der Waals surface area contributed by atoms with Crippen LogP contribution in [0.25, 0.3) is 22.5 Å². The number of benzene rings is 1. The molecular formula is C20H13FN8O2. The van der Waals surface area contributed by atoms with Crippen molar-refractivity contribution in [3.05, 3.63) is 69.6 Å². The van der Waals surface area contributed by atoms with Crippen molar-refractivity contribution in [2.75, 3.05) is 5.73 Å². The average molecular weight is 416 g/mol. The van der Waals surface area contributed by atoms with Gasteiger partial charge >= 0.3 is 0 Å². The number of nitrogens with two attached hydrogens (primary N) is 1. The van der Waals surface area contributed by atoms with E-state index in [1.54, 1.807) is 23.0 Å². The number of H-pyrrole nitrogens is 1. The number of anilines is 1. The molecule has 0 saturated heterocycles. The summed E-state index contributed by atoms with van der Waals surface area (Å²) in [6, 6.07) is 7.44. The Kier molecular flexibility index (Phi) is 4.77. The number of nitrogens with one attached hydrogen (secondary N) is 1. The van der Waals surface area contributed by atoms with Crippen molar-refractivity contribution in [1.82, 2.24) is 24.7 Å². The molecular weight excluding hydrogens is 403 g/mol. The number of rotatable bonds is 4. The van der Waals surface area contributed by atoms with Gasteiger partial charge in [0, 0.05) is 18.0 Å². The van der Waals surface area contributed by atoms with Crippen molar-refractivity contribution in [1.29, 1.82) is 10.5 Å². The highest BCUT2D eigenvalue weighted by Gasteiger charge is 2.21. The number of nitrogen functional groups attached to an aromatic ring is 1. The third-order valence-corrected chi connectivity index (χ3v) is 4.66. The number of aromatic nitrogens is 5. The van der Waals surface area contributed by atoms with Crippen molar-refractivity contribution in [3.63, 3.8) is 0 Å². The van der Waals surface area contributed by atoms with Gasteiger partial charge in [0.1, 0.15) is 47.3 Å². The van der Waals surface area contributed by atoms with Gasteiger partial charge in [-0.1, -0.05) is 11.2 Å². The van der Waals surface area contributed by atoms with Crippen LogP contribution in [-0.2, 0) is 6.54 Å². The molecule has 0 aliphatic heterocycles. The van der Waals surface area contributed by atoms with Crippen LogP contribution < -0.4 is 11.3 Å². The SMILES string of the molecule is Cc1nccn1Cc1nc(-c2cc(-c3c(C#N)c(N)[nH]c(=O)c3C#N)ccc2F)no1. The molecule has 0 spiro atoms. The van der Waals surface area contributed by atoms with Gasteiger partial charge in [-0.2, -0.15) is 15.5 Å². The smallest absolute Gasteiger partial charge is 0.268 e. The van der Waals surface area contributed by atoms with Gasteiger partial charge in [0.2, 0.25) is 11.7 Å². The number of hydrogen-bond donors (Lipinski definition) is 2. The molecule has 0 aliphatic rings. The molecule has 4 rings (SSSR count). The molecule has 0 saturated carbocycles. The van der Waals surface area contributed by atoms with Crippen LogP contribution in [-0.4, -0.2) is 24.7 Å². The Morgan fingerprint density at radius 2 is 2.06 bits per heavy atom. The Morgan fingerprint density at radius 3 is 2.74 bits per heavy atom. The number of aromatic amines is 1. The first kappa shape index (κ1) is 19.5. The summed E-state index contributed by atoms with van der Waals surface area (Å²) in [5.41, 5.74) is 4.79. The van der Waals surface area contributed by atoms with E-state index in [0.717, 1.165) is 11.9 Å². The Bertz CT molecular complexity index is 1450. The van der Waals surface area contributed by atoms with Crippen molar-refractivity contribution in [2.45, 2.75) is 13.5 Å². The second kappa shape index (κ2) is 7.57. The molecule has 0 unspecified atom stereocenters. The third kappa shape index (κ3) is 3.41. The Hall–Kier alpha value is -4.77. The molecule has 31 heavy (non-hydrogen) atoms. The first-order valence-corrected chi connectivity index (χ1v) is 8.89. The van der Waals surface area contributed by atoms with Crippen LogP contribution in [0.2, 0.25) is 0 Å². The molecule has 3 N–H and O–H groups in total. The van der Waals surface area contributed by atoms with Gasteiger partial charge in [0.05, 0.1) is 5.56 Å². The first-order valence-electron chi connectivity index (χ1n) is 8.89. The van der Waals surface area contributed by atoms with Crippen molar-refractivity contribution < 1.29 is 8.91 Å². The van der Waals surface area contributed by atoms with E-state index >= 15 is 0 Å². The third-order valence-electron chi connectivity index (χ3n) is 4.66. The lowest BCUT2D eigenvalue weighted by Crippen LogP contribution is -2.16. The van der Waals surface area contributed by atoms with Gasteiger partial charge in [-0.15, -0.1) is 0 Å². The topological polar surface area (TPSA) is 163 Å². The fraction of sp³-hybridized carbons (Fsp3) is 0.100. The zero-order valence-corrected chi connectivity index (χ0v) is 16.0. The number of nitrogens with zero attached hydrogens (tertiary/aromatic N) is 6. The van der Waals surface area contributed by atoms with E-state index < -0.39 is 11.4 Å². The number of hydrogen-bond acceptors (Lipinski definition) is 8. The van der Waals surface area contributed by atoms with E-state index in [4.69, 9.17) is 10.3 Å². The molecule has 0 aliphatic carbocycles. The monoisotopic (exact) mass is 416 g/mol. The van der Waals surface area contributed by atoms with Gasteiger partial charge < -0.3 is 19.8 Å². The normalized spacial score (nSPS) is 10.6. The van der Waals surface area contributed by atoms with Crippen LogP contribution in [0, 0.1) is 35.4 Å². The lowest BCUT2D eigenvalue weighted by atomic mass is 9.95. The van der Waals surface area contributed by atoms with Crippen LogP contribution in [0.4, 0.5) is 10.2 Å². The molecule has 4 aromatic rings.